The van der Waals surface area contributed by atoms with Crippen molar-refractivity contribution in [3.8, 4) is 5.75 Å². The maximum absolute atomic E-state index is 14.2. The highest BCUT2D eigenvalue weighted by Gasteiger charge is 2.23. The van der Waals surface area contributed by atoms with E-state index >= 15 is 0 Å². The minimum atomic E-state index is -0.301. The molecule has 1 aromatic heterocycles. The topological polar surface area (TPSA) is 81.1 Å². The van der Waals surface area contributed by atoms with Gasteiger partial charge in [-0.1, -0.05) is 18.2 Å². The van der Waals surface area contributed by atoms with Crippen LogP contribution in [0.5, 0.6) is 5.75 Å². The monoisotopic (exact) mass is 443 g/mol. The van der Waals surface area contributed by atoms with Crippen LogP contribution in [0.25, 0.3) is 0 Å². The average molecular weight is 444 g/mol. The molecule has 2 aromatic rings. The molecule has 2 N–H and O–H groups in total. The van der Waals surface area contributed by atoms with E-state index in [9.17, 15) is 9.18 Å². The molecule has 174 valence electrons. The SMILES string of the molecule is CCC(Cn1nncc1CCCNC1CCCNC1=O)c1ccc(F)c(OCC2CC2)c1. The molecule has 2 unspecified atom stereocenters. The van der Waals surface area contributed by atoms with E-state index in [1.54, 1.807) is 0 Å². The summed E-state index contributed by atoms with van der Waals surface area (Å²) in [5, 5.41) is 14.7. The fourth-order valence-corrected chi connectivity index (χ4v) is 4.19. The van der Waals surface area contributed by atoms with Gasteiger partial charge in [0.2, 0.25) is 5.91 Å². The summed E-state index contributed by atoms with van der Waals surface area (Å²) in [4.78, 5) is 11.9. The summed E-state index contributed by atoms with van der Waals surface area (Å²) in [5.74, 6) is 0.936. The molecule has 7 nitrogen and oxygen atoms in total. The van der Waals surface area contributed by atoms with Crippen molar-refractivity contribution in [2.24, 2.45) is 5.92 Å². The fourth-order valence-electron chi connectivity index (χ4n) is 4.19. The molecule has 0 radical (unpaired) electrons. The van der Waals surface area contributed by atoms with E-state index in [2.05, 4.69) is 27.9 Å². The molecule has 1 saturated carbocycles. The second-order valence-corrected chi connectivity index (χ2v) is 9.00. The highest BCUT2D eigenvalue weighted by molar-refractivity contribution is 5.82. The van der Waals surface area contributed by atoms with Gasteiger partial charge in [0.05, 0.1) is 24.5 Å². The van der Waals surface area contributed by atoms with Crippen LogP contribution in [-0.2, 0) is 17.8 Å². The minimum Gasteiger partial charge on any atom is -0.490 e. The van der Waals surface area contributed by atoms with Gasteiger partial charge in [-0.25, -0.2) is 9.07 Å². The number of aryl methyl sites for hydroxylation is 1. The van der Waals surface area contributed by atoms with Gasteiger partial charge in [-0.3, -0.25) is 4.79 Å². The number of halogens is 1. The first kappa shape index (κ1) is 22.7. The van der Waals surface area contributed by atoms with Crippen molar-refractivity contribution in [2.75, 3.05) is 19.7 Å². The Morgan fingerprint density at radius 3 is 3.00 bits per heavy atom. The van der Waals surface area contributed by atoms with E-state index in [1.807, 2.05) is 23.0 Å². The normalized spacial score (nSPS) is 19.6. The van der Waals surface area contributed by atoms with Crippen molar-refractivity contribution in [3.05, 3.63) is 41.5 Å². The molecule has 1 aliphatic carbocycles. The first-order valence-electron chi connectivity index (χ1n) is 11.9. The Bertz CT molecular complexity index is 898. The summed E-state index contributed by atoms with van der Waals surface area (Å²) in [6.07, 6.45) is 8.74. The van der Waals surface area contributed by atoms with Crippen LogP contribution in [0.1, 0.15) is 62.6 Å². The minimum absolute atomic E-state index is 0.0777. The van der Waals surface area contributed by atoms with E-state index in [1.165, 1.54) is 18.9 Å². The van der Waals surface area contributed by atoms with Crippen LogP contribution < -0.4 is 15.4 Å². The molecule has 0 bridgehead atoms. The maximum Gasteiger partial charge on any atom is 0.237 e. The first-order chi connectivity index (χ1) is 15.6. The highest BCUT2D eigenvalue weighted by atomic mass is 19.1. The number of ether oxygens (including phenoxy) is 1. The summed E-state index contributed by atoms with van der Waals surface area (Å²) in [6, 6.07) is 5.13. The predicted octanol–water partition coefficient (Wildman–Crippen LogP) is 3.20. The molecule has 1 saturated heterocycles. The van der Waals surface area contributed by atoms with Crippen molar-refractivity contribution in [3.63, 3.8) is 0 Å². The van der Waals surface area contributed by atoms with Crippen LogP contribution in [0, 0.1) is 11.7 Å². The number of hydrogen-bond acceptors (Lipinski definition) is 5. The van der Waals surface area contributed by atoms with Crippen LogP contribution >= 0.6 is 0 Å². The Hall–Kier alpha value is -2.48. The number of nitrogens with zero attached hydrogens (tertiary/aromatic N) is 3. The lowest BCUT2D eigenvalue weighted by Gasteiger charge is -2.22. The quantitative estimate of drug-likeness (QED) is 0.493. The number of hydrogen-bond donors (Lipinski definition) is 2. The van der Waals surface area contributed by atoms with Gasteiger partial charge in [-0.2, -0.15) is 0 Å². The van der Waals surface area contributed by atoms with E-state index in [4.69, 9.17) is 4.74 Å². The fraction of sp³-hybridized carbons (Fsp3) is 0.625. The molecule has 2 atom stereocenters. The second-order valence-electron chi connectivity index (χ2n) is 9.00. The lowest BCUT2D eigenvalue weighted by Crippen LogP contribution is -2.48. The van der Waals surface area contributed by atoms with Crippen molar-refractivity contribution >= 4 is 5.91 Å². The van der Waals surface area contributed by atoms with E-state index in [0.717, 1.165) is 56.5 Å². The molecule has 0 spiro atoms. The molecule has 32 heavy (non-hydrogen) atoms. The van der Waals surface area contributed by atoms with Crippen molar-refractivity contribution in [1.29, 1.82) is 0 Å². The highest BCUT2D eigenvalue weighted by Crippen LogP contribution is 2.32. The zero-order valence-corrected chi connectivity index (χ0v) is 18.9. The van der Waals surface area contributed by atoms with Crippen LogP contribution in [0.4, 0.5) is 4.39 Å². The average Bonchev–Trinajstić information content (AvgIpc) is 3.53. The largest absolute Gasteiger partial charge is 0.490 e. The summed E-state index contributed by atoms with van der Waals surface area (Å²) in [5.41, 5.74) is 2.14. The van der Waals surface area contributed by atoms with Gasteiger partial charge in [-0.15, -0.1) is 5.10 Å². The van der Waals surface area contributed by atoms with Crippen LogP contribution in [0.15, 0.2) is 24.4 Å². The van der Waals surface area contributed by atoms with Gasteiger partial charge in [0.15, 0.2) is 11.6 Å². The Morgan fingerprint density at radius 1 is 1.34 bits per heavy atom. The van der Waals surface area contributed by atoms with Gasteiger partial charge in [0.25, 0.3) is 0 Å². The molecular weight excluding hydrogens is 409 g/mol. The first-order valence-corrected chi connectivity index (χ1v) is 11.9. The lowest BCUT2D eigenvalue weighted by molar-refractivity contribution is -0.124. The molecule has 1 amide bonds. The Morgan fingerprint density at radius 2 is 2.22 bits per heavy atom. The van der Waals surface area contributed by atoms with Crippen molar-refractivity contribution in [1.82, 2.24) is 25.6 Å². The number of piperidine rings is 1. The molecular formula is C24H34FN5O2. The van der Waals surface area contributed by atoms with Gasteiger partial charge in [-0.05, 0) is 75.1 Å². The summed E-state index contributed by atoms with van der Waals surface area (Å²) >= 11 is 0. The van der Waals surface area contributed by atoms with Gasteiger partial charge >= 0.3 is 0 Å². The molecule has 2 fully saturated rings. The molecule has 1 aliphatic heterocycles. The van der Waals surface area contributed by atoms with Crippen molar-refractivity contribution in [2.45, 2.75) is 70.4 Å². The molecule has 2 heterocycles. The Labute approximate surface area is 189 Å². The van der Waals surface area contributed by atoms with E-state index < -0.39 is 0 Å². The van der Waals surface area contributed by atoms with Crippen LogP contribution in [0.2, 0.25) is 0 Å². The number of amides is 1. The maximum atomic E-state index is 14.2. The van der Waals surface area contributed by atoms with Crippen LogP contribution in [-0.4, -0.2) is 46.6 Å². The van der Waals surface area contributed by atoms with Gasteiger partial charge in [0.1, 0.15) is 0 Å². The third kappa shape index (κ3) is 6.06. The lowest BCUT2D eigenvalue weighted by atomic mass is 9.96. The summed E-state index contributed by atoms with van der Waals surface area (Å²) < 4.78 is 21.9. The summed E-state index contributed by atoms with van der Waals surface area (Å²) in [7, 11) is 0. The smallest absolute Gasteiger partial charge is 0.237 e. The van der Waals surface area contributed by atoms with Gasteiger partial charge < -0.3 is 15.4 Å². The van der Waals surface area contributed by atoms with Crippen LogP contribution in [0.3, 0.4) is 0 Å². The van der Waals surface area contributed by atoms with Gasteiger partial charge in [0, 0.05) is 19.0 Å². The van der Waals surface area contributed by atoms with E-state index in [0.29, 0.717) is 24.8 Å². The number of benzene rings is 1. The third-order valence-electron chi connectivity index (χ3n) is 6.47. The number of aromatic nitrogens is 3. The standard InChI is InChI=1S/C24H34FN5O2/c1-2-18(19-9-10-21(25)23(13-19)32-16-17-7-8-17)15-30-20(14-28-29-30)5-3-11-26-22-6-4-12-27-24(22)31/h9-10,13-14,17-18,22,26H,2-8,11-12,15-16H2,1H3,(H,27,31). The van der Waals surface area contributed by atoms with Crippen molar-refractivity contribution < 1.29 is 13.9 Å². The number of rotatable bonds is 12. The third-order valence-corrected chi connectivity index (χ3v) is 6.47. The zero-order valence-electron chi connectivity index (χ0n) is 18.9. The Kier molecular flexibility index (Phi) is 7.73. The van der Waals surface area contributed by atoms with E-state index in [-0.39, 0.29) is 23.7 Å². The number of carbonyl (C=O) groups is 1. The molecule has 1 aromatic carbocycles. The predicted molar refractivity (Wildman–Crippen MR) is 120 cm³/mol. The summed E-state index contributed by atoms with van der Waals surface area (Å²) in [6.45, 7) is 4.98. The molecule has 2 aliphatic rings. The number of nitrogens with one attached hydrogen (secondary N) is 2. The molecule has 4 rings (SSSR count). The second kappa shape index (κ2) is 10.9. The Balaban J connectivity index is 1.31. The number of carbonyl (C=O) groups excluding carboxylic acids is 1. The zero-order chi connectivity index (χ0) is 22.3. The molecule has 8 heteroatoms.